The number of nitrogens with zero attached hydrogens (tertiary/aromatic N) is 1. The van der Waals surface area contributed by atoms with Crippen LogP contribution >= 0.6 is 0 Å². The second kappa shape index (κ2) is 10.1. The molecule has 6 aromatic carbocycles. The van der Waals surface area contributed by atoms with Crippen LogP contribution in [0.15, 0.2) is 152 Å². The lowest BCUT2D eigenvalue weighted by Gasteiger charge is -2.21. The van der Waals surface area contributed by atoms with Gasteiger partial charge in [0.05, 0.1) is 5.69 Å². The summed E-state index contributed by atoms with van der Waals surface area (Å²) >= 11 is 0. The summed E-state index contributed by atoms with van der Waals surface area (Å²) in [6.45, 7) is 0.0161. The first kappa shape index (κ1) is 23.2. The summed E-state index contributed by atoms with van der Waals surface area (Å²) in [5.74, 6) is 0. The van der Waals surface area contributed by atoms with Crippen LogP contribution in [0.1, 0.15) is 11.3 Å². The average molecular weight is 495 g/mol. The molecule has 7 rings (SSSR count). The molecule has 182 valence electrons. The highest BCUT2D eigenvalue weighted by molar-refractivity contribution is 7.00. The predicted octanol–water partition coefficient (Wildman–Crippen LogP) is 7.93. The fourth-order valence-electron chi connectivity index (χ4n) is 5.65. The molecule has 0 amide bonds. The van der Waals surface area contributed by atoms with Crippen LogP contribution in [0.5, 0.6) is 0 Å². The lowest BCUT2D eigenvalue weighted by molar-refractivity contribution is 1.30. The second-order valence-corrected chi connectivity index (χ2v) is 10.1. The predicted molar refractivity (Wildman–Crippen MR) is 169 cm³/mol. The van der Waals surface area contributed by atoms with Crippen molar-refractivity contribution in [3.8, 4) is 0 Å². The van der Waals surface area contributed by atoms with E-state index in [4.69, 9.17) is 4.98 Å². The monoisotopic (exact) mass is 495 g/mol. The van der Waals surface area contributed by atoms with Crippen molar-refractivity contribution in [1.29, 1.82) is 0 Å². The van der Waals surface area contributed by atoms with Crippen molar-refractivity contribution in [1.82, 2.24) is 4.98 Å². The van der Waals surface area contributed by atoms with Crippen molar-refractivity contribution in [2.75, 3.05) is 0 Å². The van der Waals surface area contributed by atoms with E-state index in [9.17, 15) is 0 Å². The van der Waals surface area contributed by atoms with Crippen LogP contribution in [0.3, 0.4) is 0 Å². The summed E-state index contributed by atoms with van der Waals surface area (Å²) in [6, 6.07) is 52.4. The van der Waals surface area contributed by atoms with Crippen molar-refractivity contribution in [2.45, 2.75) is 0 Å². The third-order valence-corrected chi connectivity index (χ3v) is 7.60. The molecule has 1 nitrogen and oxygen atoms in total. The van der Waals surface area contributed by atoms with Gasteiger partial charge in [0.25, 0.3) is 0 Å². The Morgan fingerprint density at radius 3 is 1.49 bits per heavy atom. The molecule has 0 spiro atoms. The number of aromatic nitrogens is 1. The molecule has 1 aromatic heterocycles. The smallest absolute Gasteiger partial charge is 0.242 e. The van der Waals surface area contributed by atoms with E-state index in [1.807, 2.05) is 12.3 Å². The number of hydrogen-bond acceptors (Lipinski definition) is 1. The van der Waals surface area contributed by atoms with Crippen molar-refractivity contribution >= 4 is 61.5 Å². The summed E-state index contributed by atoms with van der Waals surface area (Å²) < 4.78 is 0. The molecule has 2 heteroatoms. The Kier molecular flexibility index (Phi) is 5.99. The number of fused-ring (bicyclic) bond motifs is 3. The van der Waals surface area contributed by atoms with Gasteiger partial charge < -0.3 is 0 Å². The number of hydrogen-bond donors (Lipinski definition) is 0. The molecule has 0 radical (unpaired) electrons. The van der Waals surface area contributed by atoms with Gasteiger partial charge in [-0.2, -0.15) is 0 Å². The highest BCUT2D eigenvalue weighted by atomic mass is 14.6. The average Bonchev–Trinajstić information content (AvgIpc) is 3.01. The molecule has 7 aromatic rings. The van der Waals surface area contributed by atoms with Gasteiger partial charge in [-0.05, 0) is 62.2 Å². The highest BCUT2D eigenvalue weighted by Gasteiger charge is 2.26. The van der Waals surface area contributed by atoms with E-state index in [1.54, 1.807) is 0 Å². The Labute approximate surface area is 229 Å². The van der Waals surface area contributed by atoms with E-state index in [-0.39, 0.29) is 6.71 Å². The molecule has 0 aliphatic carbocycles. The van der Waals surface area contributed by atoms with E-state index < -0.39 is 0 Å². The normalized spacial score (nSPS) is 11.7. The molecule has 0 aliphatic rings. The molecule has 0 aliphatic heterocycles. The van der Waals surface area contributed by atoms with Crippen molar-refractivity contribution in [3.63, 3.8) is 0 Å². The van der Waals surface area contributed by atoms with Gasteiger partial charge in [-0.25, -0.2) is 0 Å². The zero-order valence-electron chi connectivity index (χ0n) is 21.5. The minimum absolute atomic E-state index is 0.0161. The summed E-state index contributed by atoms with van der Waals surface area (Å²) in [5.41, 5.74) is 5.90. The van der Waals surface area contributed by atoms with Crippen LogP contribution in [0.4, 0.5) is 0 Å². The first-order valence-electron chi connectivity index (χ1n) is 13.4. The minimum atomic E-state index is 0.0161. The molecule has 1 heterocycles. The van der Waals surface area contributed by atoms with Gasteiger partial charge in [-0.1, -0.05) is 144 Å². The fourth-order valence-corrected chi connectivity index (χ4v) is 5.65. The summed E-state index contributed by atoms with van der Waals surface area (Å²) in [5, 5.41) is 7.47. The Morgan fingerprint density at radius 1 is 0.462 bits per heavy atom. The largest absolute Gasteiger partial charge is 0.257 e. The van der Waals surface area contributed by atoms with Crippen LogP contribution < -0.4 is 10.9 Å². The number of pyridine rings is 1. The van der Waals surface area contributed by atoms with Gasteiger partial charge in [0, 0.05) is 6.20 Å². The maximum atomic E-state index is 4.70. The second-order valence-electron chi connectivity index (χ2n) is 10.1. The van der Waals surface area contributed by atoms with Gasteiger partial charge in [-0.3, -0.25) is 4.98 Å². The van der Waals surface area contributed by atoms with Crippen LogP contribution in [-0.2, 0) is 0 Å². The molecule has 0 bridgehead atoms. The Balaban J connectivity index is 1.51. The third-order valence-electron chi connectivity index (χ3n) is 7.60. The zero-order valence-corrected chi connectivity index (χ0v) is 21.5. The van der Waals surface area contributed by atoms with Gasteiger partial charge in [0.2, 0.25) is 6.71 Å². The topological polar surface area (TPSA) is 12.9 Å². The highest BCUT2D eigenvalue weighted by Crippen LogP contribution is 2.27. The molecule has 0 fully saturated rings. The molecule has 0 unspecified atom stereocenters. The van der Waals surface area contributed by atoms with Gasteiger partial charge in [0.1, 0.15) is 0 Å². The van der Waals surface area contributed by atoms with Crippen LogP contribution in [-0.4, -0.2) is 11.7 Å². The van der Waals surface area contributed by atoms with E-state index in [1.165, 1.54) is 54.3 Å². The number of rotatable bonds is 5. The quantitative estimate of drug-likeness (QED) is 0.221. The first-order valence-corrected chi connectivity index (χ1v) is 13.4. The molecule has 0 atom stereocenters. The molecular weight excluding hydrogens is 469 g/mol. The number of benzene rings is 6. The maximum absolute atomic E-state index is 4.70. The van der Waals surface area contributed by atoms with Crippen molar-refractivity contribution in [3.05, 3.63) is 163 Å². The van der Waals surface area contributed by atoms with Crippen molar-refractivity contribution < 1.29 is 0 Å². The summed E-state index contributed by atoms with van der Waals surface area (Å²) in [6.07, 6.45) is 4.13. The van der Waals surface area contributed by atoms with E-state index in [0.717, 1.165) is 5.69 Å². The summed E-state index contributed by atoms with van der Waals surface area (Å²) in [7, 11) is 0. The van der Waals surface area contributed by atoms with Crippen LogP contribution in [0, 0.1) is 0 Å². The standard InChI is InChI=1S/C37H26BN/c1-4-12-30-23-33(17-16-27(30)9-1)37(26-36-15-7-8-22-39-36)38(34-20-18-28-10-2-5-13-31(28)24-34)35-21-19-29-11-3-6-14-32(29)25-35/h1-26H. The zero-order chi connectivity index (χ0) is 26.0. The molecular formula is C37H26BN. The molecule has 0 saturated carbocycles. The van der Waals surface area contributed by atoms with Gasteiger partial charge in [0.15, 0.2) is 0 Å². The van der Waals surface area contributed by atoms with Crippen molar-refractivity contribution in [2.24, 2.45) is 0 Å². The minimum Gasteiger partial charge on any atom is -0.257 e. The lowest BCUT2D eigenvalue weighted by Crippen LogP contribution is -2.43. The maximum Gasteiger partial charge on any atom is 0.242 e. The Morgan fingerprint density at radius 2 is 0.949 bits per heavy atom. The van der Waals surface area contributed by atoms with Crippen LogP contribution in [0.2, 0.25) is 0 Å². The lowest BCUT2D eigenvalue weighted by atomic mass is 9.35. The Hall–Kier alpha value is -4.95. The van der Waals surface area contributed by atoms with E-state index in [2.05, 4.69) is 146 Å². The van der Waals surface area contributed by atoms with E-state index >= 15 is 0 Å². The summed E-state index contributed by atoms with van der Waals surface area (Å²) in [4.78, 5) is 4.70. The van der Waals surface area contributed by atoms with Gasteiger partial charge >= 0.3 is 0 Å². The van der Waals surface area contributed by atoms with E-state index in [0.29, 0.717) is 0 Å². The third kappa shape index (κ3) is 4.62. The molecule has 39 heavy (non-hydrogen) atoms. The van der Waals surface area contributed by atoms with Gasteiger partial charge in [-0.15, -0.1) is 0 Å². The molecule has 0 saturated heterocycles. The van der Waals surface area contributed by atoms with Crippen LogP contribution in [0.25, 0.3) is 43.9 Å². The Bertz CT molecular complexity index is 1890. The fraction of sp³-hybridized carbons (Fsp3) is 0. The molecule has 0 N–H and O–H groups in total. The SMILES string of the molecule is C(=C(B(c1ccc2ccccc2c1)c1ccc2ccccc2c1)c1ccc2ccccc2c1)c1ccccn1. The first-order chi connectivity index (χ1) is 19.3.